The fourth-order valence-electron chi connectivity index (χ4n) is 1.27. The Morgan fingerprint density at radius 1 is 1.50 bits per heavy atom. The Bertz CT molecular complexity index is 559. The zero-order chi connectivity index (χ0) is 13.0. The lowest BCUT2D eigenvalue weighted by Crippen LogP contribution is -2.17. The lowest BCUT2D eigenvalue weighted by Gasteiger charge is -1.97. The molecule has 0 saturated carbocycles. The van der Waals surface area contributed by atoms with Crippen molar-refractivity contribution in [3.63, 3.8) is 0 Å². The number of rotatable bonds is 3. The number of furan rings is 1. The third-order valence-corrected chi connectivity index (χ3v) is 2.96. The van der Waals surface area contributed by atoms with E-state index in [1.807, 2.05) is 6.92 Å². The SMILES string of the molecule is Cc1oc(/C=N\NC(=O)c2ccncc2)cc1Br. The molecule has 2 rings (SSSR count). The van der Waals surface area contributed by atoms with Crippen LogP contribution in [0, 0.1) is 6.92 Å². The first-order valence-corrected chi connectivity index (χ1v) is 5.95. The number of nitrogens with one attached hydrogen (secondary N) is 1. The second kappa shape index (κ2) is 5.59. The maximum absolute atomic E-state index is 11.6. The van der Waals surface area contributed by atoms with Crippen molar-refractivity contribution in [2.75, 3.05) is 0 Å². The minimum absolute atomic E-state index is 0.295. The summed E-state index contributed by atoms with van der Waals surface area (Å²) in [6, 6.07) is 4.99. The summed E-state index contributed by atoms with van der Waals surface area (Å²) in [7, 11) is 0. The summed E-state index contributed by atoms with van der Waals surface area (Å²) < 4.78 is 6.21. The number of hydrazone groups is 1. The molecule has 2 aromatic heterocycles. The number of pyridine rings is 1. The van der Waals surface area contributed by atoms with Crippen LogP contribution in [0.1, 0.15) is 21.9 Å². The third kappa shape index (κ3) is 3.04. The predicted molar refractivity (Wildman–Crippen MR) is 70.4 cm³/mol. The molecule has 18 heavy (non-hydrogen) atoms. The van der Waals surface area contributed by atoms with Crippen molar-refractivity contribution in [3.05, 3.63) is 52.1 Å². The van der Waals surface area contributed by atoms with Crippen LogP contribution in [0.15, 0.2) is 44.6 Å². The Balaban J connectivity index is 1.98. The van der Waals surface area contributed by atoms with Crippen LogP contribution in [-0.2, 0) is 0 Å². The van der Waals surface area contributed by atoms with E-state index >= 15 is 0 Å². The molecule has 0 spiro atoms. The van der Waals surface area contributed by atoms with Gasteiger partial charge in [0.05, 0.1) is 10.7 Å². The number of hydrogen-bond acceptors (Lipinski definition) is 4. The molecular weight excluding hydrogens is 298 g/mol. The van der Waals surface area contributed by atoms with E-state index in [1.165, 1.54) is 6.21 Å². The molecule has 5 nitrogen and oxygen atoms in total. The van der Waals surface area contributed by atoms with Gasteiger partial charge in [0.1, 0.15) is 11.5 Å². The molecule has 92 valence electrons. The highest BCUT2D eigenvalue weighted by Crippen LogP contribution is 2.18. The topological polar surface area (TPSA) is 67.5 Å². The van der Waals surface area contributed by atoms with Gasteiger partial charge in [-0.25, -0.2) is 5.43 Å². The molecule has 0 unspecified atom stereocenters. The largest absolute Gasteiger partial charge is 0.459 e. The van der Waals surface area contributed by atoms with Crippen molar-refractivity contribution in [2.24, 2.45) is 5.10 Å². The molecule has 0 atom stereocenters. The van der Waals surface area contributed by atoms with Gasteiger partial charge in [0.15, 0.2) is 0 Å². The van der Waals surface area contributed by atoms with Crippen LogP contribution in [0.2, 0.25) is 0 Å². The van der Waals surface area contributed by atoms with Crippen LogP contribution in [-0.4, -0.2) is 17.1 Å². The molecule has 6 heteroatoms. The van der Waals surface area contributed by atoms with Crippen molar-refractivity contribution in [1.29, 1.82) is 0 Å². The number of halogens is 1. The van der Waals surface area contributed by atoms with Gasteiger partial charge in [0, 0.05) is 24.0 Å². The molecule has 0 aromatic carbocycles. The van der Waals surface area contributed by atoms with Crippen LogP contribution in [0.5, 0.6) is 0 Å². The quantitative estimate of drug-likeness (QED) is 0.700. The van der Waals surface area contributed by atoms with Crippen LogP contribution in [0.25, 0.3) is 0 Å². The zero-order valence-corrected chi connectivity index (χ0v) is 11.1. The van der Waals surface area contributed by atoms with Crippen molar-refractivity contribution in [3.8, 4) is 0 Å². The summed E-state index contributed by atoms with van der Waals surface area (Å²) in [5.74, 6) is 1.03. The second-order valence-electron chi connectivity index (χ2n) is 3.49. The molecule has 1 N–H and O–H groups in total. The Morgan fingerprint density at radius 2 is 2.22 bits per heavy atom. The molecule has 0 radical (unpaired) electrons. The predicted octanol–water partition coefficient (Wildman–Crippen LogP) is 2.51. The highest BCUT2D eigenvalue weighted by molar-refractivity contribution is 9.10. The lowest BCUT2D eigenvalue weighted by atomic mass is 10.3. The average molecular weight is 308 g/mol. The van der Waals surface area contributed by atoms with Crippen LogP contribution >= 0.6 is 15.9 Å². The van der Waals surface area contributed by atoms with Crippen LogP contribution in [0.4, 0.5) is 0 Å². The van der Waals surface area contributed by atoms with E-state index in [2.05, 4.69) is 31.4 Å². The number of aryl methyl sites for hydroxylation is 1. The summed E-state index contributed by atoms with van der Waals surface area (Å²) in [6.07, 6.45) is 4.54. The summed E-state index contributed by atoms with van der Waals surface area (Å²) in [6.45, 7) is 1.83. The normalized spacial score (nSPS) is 10.8. The van der Waals surface area contributed by atoms with Gasteiger partial charge < -0.3 is 4.42 Å². The third-order valence-electron chi connectivity index (χ3n) is 2.18. The van der Waals surface area contributed by atoms with E-state index < -0.39 is 0 Å². The molecule has 2 aromatic rings. The molecule has 0 saturated heterocycles. The van der Waals surface area contributed by atoms with Gasteiger partial charge in [-0.1, -0.05) is 0 Å². The Morgan fingerprint density at radius 3 is 2.83 bits per heavy atom. The highest BCUT2D eigenvalue weighted by atomic mass is 79.9. The van der Waals surface area contributed by atoms with Gasteiger partial charge >= 0.3 is 0 Å². The van der Waals surface area contributed by atoms with E-state index in [4.69, 9.17) is 4.42 Å². The maximum Gasteiger partial charge on any atom is 0.271 e. The standard InChI is InChI=1S/C12H10BrN3O2/c1-8-11(13)6-10(18-8)7-15-16-12(17)9-2-4-14-5-3-9/h2-7H,1H3,(H,16,17)/b15-7-. The minimum Gasteiger partial charge on any atom is -0.459 e. The number of nitrogens with zero attached hydrogens (tertiary/aromatic N) is 2. The van der Waals surface area contributed by atoms with E-state index in [-0.39, 0.29) is 5.91 Å². The van der Waals surface area contributed by atoms with Crippen LogP contribution < -0.4 is 5.43 Å². The van der Waals surface area contributed by atoms with E-state index in [0.717, 1.165) is 10.2 Å². The first-order valence-electron chi connectivity index (χ1n) is 5.16. The van der Waals surface area contributed by atoms with Gasteiger partial charge in [-0.3, -0.25) is 9.78 Å². The molecule has 1 amide bonds. The van der Waals surface area contributed by atoms with E-state index in [0.29, 0.717) is 11.3 Å². The minimum atomic E-state index is -0.295. The zero-order valence-electron chi connectivity index (χ0n) is 9.55. The van der Waals surface area contributed by atoms with Gasteiger partial charge in [0.2, 0.25) is 0 Å². The lowest BCUT2D eigenvalue weighted by molar-refractivity contribution is 0.0955. The number of carbonyl (C=O) groups is 1. The Labute approximate surface area is 112 Å². The smallest absolute Gasteiger partial charge is 0.271 e. The molecule has 0 aliphatic carbocycles. The highest BCUT2D eigenvalue weighted by Gasteiger charge is 2.04. The number of amides is 1. The van der Waals surface area contributed by atoms with Crippen molar-refractivity contribution in [1.82, 2.24) is 10.4 Å². The van der Waals surface area contributed by atoms with Gasteiger partial charge in [-0.05, 0) is 35.0 Å². The number of aromatic nitrogens is 1. The van der Waals surface area contributed by atoms with Gasteiger partial charge in [-0.2, -0.15) is 5.10 Å². The van der Waals surface area contributed by atoms with E-state index in [9.17, 15) is 4.79 Å². The van der Waals surface area contributed by atoms with Crippen LogP contribution in [0.3, 0.4) is 0 Å². The average Bonchev–Trinajstić information content (AvgIpc) is 2.69. The molecule has 0 bridgehead atoms. The van der Waals surface area contributed by atoms with Crippen molar-refractivity contribution in [2.45, 2.75) is 6.92 Å². The Kier molecular flexibility index (Phi) is 3.88. The summed E-state index contributed by atoms with van der Waals surface area (Å²) in [5, 5.41) is 3.81. The fourth-order valence-corrected chi connectivity index (χ4v) is 1.57. The second-order valence-corrected chi connectivity index (χ2v) is 4.34. The number of carbonyl (C=O) groups excluding carboxylic acids is 1. The fraction of sp³-hybridized carbons (Fsp3) is 0.0833. The molecule has 0 aliphatic heterocycles. The molecule has 0 aliphatic rings. The summed E-state index contributed by atoms with van der Waals surface area (Å²) in [5.41, 5.74) is 2.90. The van der Waals surface area contributed by atoms with E-state index in [1.54, 1.807) is 30.6 Å². The van der Waals surface area contributed by atoms with Gasteiger partial charge in [-0.15, -0.1) is 0 Å². The summed E-state index contributed by atoms with van der Waals surface area (Å²) >= 11 is 3.32. The first kappa shape index (κ1) is 12.5. The summed E-state index contributed by atoms with van der Waals surface area (Å²) in [4.78, 5) is 15.4. The van der Waals surface area contributed by atoms with Crippen molar-refractivity contribution >= 4 is 28.1 Å². The molecule has 2 heterocycles. The van der Waals surface area contributed by atoms with Gasteiger partial charge in [0.25, 0.3) is 5.91 Å². The molecule has 0 fully saturated rings. The monoisotopic (exact) mass is 307 g/mol. The maximum atomic E-state index is 11.6. The Hall–Kier alpha value is -1.95. The first-order chi connectivity index (χ1) is 8.66. The molecular formula is C12H10BrN3O2. The number of hydrogen-bond donors (Lipinski definition) is 1. The van der Waals surface area contributed by atoms with Crippen molar-refractivity contribution < 1.29 is 9.21 Å².